The van der Waals surface area contributed by atoms with Crippen molar-refractivity contribution in [2.45, 2.75) is 5.12 Å². The van der Waals surface area contributed by atoms with Crippen LogP contribution < -0.4 is 0 Å². The molecule has 0 bridgehead atoms. The highest BCUT2D eigenvalue weighted by atomic mass is 33.1. The first-order chi connectivity index (χ1) is 3.21. The van der Waals surface area contributed by atoms with Crippen LogP contribution in [-0.2, 0) is 0 Å². The third-order valence-electron chi connectivity index (χ3n) is 0.511. The molecule has 0 saturated heterocycles. The van der Waals surface area contributed by atoms with Crippen molar-refractivity contribution >= 4 is 21.6 Å². The van der Waals surface area contributed by atoms with Gasteiger partial charge in [-0.15, -0.1) is 0 Å². The van der Waals surface area contributed by atoms with Crippen LogP contribution in [0.3, 0.4) is 0 Å². The van der Waals surface area contributed by atoms with Crippen LogP contribution >= 0.6 is 21.6 Å². The molecule has 0 fully saturated rings. The normalized spacial score (nSPS) is 26.0. The molecule has 0 amide bonds. The Bertz CT molecular complexity index is 99.1. The van der Waals surface area contributed by atoms with Crippen LogP contribution in [0.2, 0.25) is 0 Å². The van der Waals surface area contributed by atoms with Crippen LogP contribution in [-0.4, -0.2) is 15.3 Å². The molecule has 0 aliphatic carbocycles. The van der Waals surface area contributed by atoms with Gasteiger partial charge in [-0.1, -0.05) is 10.8 Å². The van der Waals surface area contributed by atoms with Crippen molar-refractivity contribution in [3.63, 3.8) is 0 Å². The van der Waals surface area contributed by atoms with Crippen LogP contribution in [0, 0.1) is 0 Å². The molecule has 0 aromatic carbocycles. The lowest BCUT2D eigenvalue weighted by atomic mass is 10.6. The van der Waals surface area contributed by atoms with Gasteiger partial charge in [-0.05, 0) is 22.3 Å². The van der Waals surface area contributed by atoms with Crippen molar-refractivity contribution in [2.75, 3.05) is 0 Å². The fourth-order valence-electron chi connectivity index (χ4n) is 0.243. The summed E-state index contributed by atoms with van der Waals surface area (Å²) in [5.74, 6) is 0. The highest BCUT2D eigenvalue weighted by Crippen LogP contribution is 2.40. The summed E-state index contributed by atoms with van der Waals surface area (Å²) in [4.78, 5) is 0. The fourth-order valence-corrected chi connectivity index (χ4v) is 1.82. The average Bonchev–Trinajstić information content (AvgIpc) is 1.84. The van der Waals surface area contributed by atoms with E-state index in [0.717, 1.165) is 10.8 Å². The SMILES string of the molecule is OC1(O)C=CSS1. The van der Waals surface area contributed by atoms with Crippen LogP contribution in [0.1, 0.15) is 0 Å². The summed E-state index contributed by atoms with van der Waals surface area (Å²) >= 11 is 0. The summed E-state index contributed by atoms with van der Waals surface area (Å²) in [6.45, 7) is 0. The molecule has 0 aromatic heterocycles. The highest BCUT2D eigenvalue weighted by Gasteiger charge is 2.23. The summed E-state index contributed by atoms with van der Waals surface area (Å²) in [7, 11) is 2.33. The summed E-state index contributed by atoms with van der Waals surface area (Å²) < 4.78 is 0. The quantitative estimate of drug-likeness (QED) is 0.376. The maximum absolute atomic E-state index is 8.61. The van der Waals surface area contributed by atoms with E-state index < -0.39 is 5.12 Å². The number of rotatable bonds is 0. The van der Waals surface area contributed by atoms with Crippen molar-refractivity contribution < 1.29 is 10.2 Å². The average molecular weight is 136 g/mol. The summed E-state index contributed by atoms with van der Waals surface area (Å²) in [5, 5.41) is 17.2. The van der Waals surface area contributed by atoms with E-state index in [1.54, 1.807) is 5.41 Å². The monoisotopic (exact) mass is 136 g/mol. The van der Waals surface area contributed by atoms with Gasteiger partial charge in [-0.2, -0.15) is 0 Å². The molecule has 0 saturated carbocycles. The Hall–Kier alpha value is 0.360. The van der Waals surface area contributed by atoms with Crippen LogP contribution in [0.25, 0.3) is 0 Å². The second kappa shape index (κ2) is 1.70. The van der Waals surface area contributed by atoms with E-state index in [1.165, 1.54) is 16.9 Å². The number of aliphatic hydroxyl groups is 2. The van der Waals surface area contributed by atoms with Gasteiger partial charge in [-0.25, -0.2) is 0 Å². The minimum absolute atomic E-state index is 1.02. The molecule has 7 heavy (non-hydrogen) atoms. The minimum Gasteiger partial charge on any atom is -0.353 e. The second-order valence-electron chi connectivity index (χ2n) is 1.14. The topological polar surface area (TPSA) is 40.5 Å². The molecule has 0 unspecified atom stereocenters. The zero-order valence-electron chi connectivity index (χ0n) is 3.37. The standard InChI is InChI=1S/C3H4O2S2/c4-3(5)1-2-6-7-3/h1-2,4-5H. The van der Waals surface area contributed by atoms with Crippen molar-refractivity contribution in [1.29, 1.82) is 0 Å². The van der Waals surface area contributed by atoms with Gasteiger partial charge in [0.25, 0.3) is 0 Å². The molecule has 0 atom stereocenters. The first-order valence-corrected chi connectivity index (χ1v) is 3.89. The molecule has 2 N–H and O–H groups in total. The molecular weight excluding hydrogens is 132 g/mol. The maximum Gasteiger partial charge on any atom is 0.244 e. The summed E-state index contributed by atoms with van der Waals surface area (Å²) in [5.41, 5.74) is 0. The van der Waals surface area contributed by atoms with E-state index >= 15 is 0 Å². The van der Waals surface area contributed by atoms with E-state index in [2.05, 4.69) is 0 Å². The van der Waals surface area contributed by atoms with Crippen molar-refractivity contribution in [3.8, 4) is 0 Å². The Kier molecular flexibility index (Phi) is 1.34. The molecule has 1 rings (SSSR count). The van der Waals surface area contributed by atoms with Crippen molar-refractivity contribution in [3.05, 3.63) is 11.5 Å². The lowest BCUT2D eigenvalue weighted by Gasteiger charge is -2.06. The molecule has 1 heterocycles. The number of hydrogen-bond donors (Lipinski definition) is 2. The van der Waals surface area contributed by atoms with Crippen molar-refractivity contribution in [2.24, 2.45) is 0 Å². The first-order valence-electron chi connectivity index (χ1n) is 1.68. The number of hydrogen-bond acceptors (Lipinski definition) is 4. The second-order valence-corrected chi connectivity index (χ2v) is 3.45. The third kappa shape index (κ3) is 1.38. The fraction of sp³-hybridized carbons (Fsp3) is 0.333. The molecule has 0 radical (unpaired) electrons. The summed E-state index contributed by atoms with van der Waals surface area (Å²) in [6.07, 6.45) is 1.34. The summed E-state index contributed by atoms with van der Waals surface area (Å²) in [6, 6.07) is 0. The molecule has 1 aliphatic rings. The Morgan fingerprint density at radius 3 is 2.29 bits per heavy atom. The molecule has 0 aromatic rings. The predicted octanol–water partition coefficient (Wildman–Crippen LogP) is 0.533. The Labute approximate surface area is 49.0 Å². The van der Waals surface area contributed by atoms with Gasteiger partial charge in [0.05, 0.1) is 0 Å². The molecule has 0 spiro atoms. The van der Waals surface area contributed by atoms with Crippen molar-refractivity contribution in [1.82, 2.24) is 0 Å². The Balaban J connectivity index is 2.57. The molecule has 2 nitrogen and oxygen atoms in total. The van der Waals surface area contributed by atoms with Gasteiger partial charge >= 0.3 is 0 Å². The van der Waals surface area contributed by atoms with Gasteiger partial charge in [0.15, 0.2) is 0 Å². The van der Waals surface area contributed by atoms with Gasteiger partial charge in [0, 0.05) is 0 Å². The lowest BCUT2D eigenvalue weighted by molar-refractivity contribution is -0.0307. The largest absolute Gasteiger partial charge is 0.353 e. The van der Waals surface area contributed by atoms with E-state index in [4.69, 9.17) is 10.2 Å². The van der Waals surface area contributed by atoms with Crippen LogP contribution in [0.5, 0.6) is 0 Å². The minimum atomic E-state index is -1.61. The van der Waals surface area contributed by atoms with Gasteiger partial charge < -0.3 is 10.2 Å². The first kappa shape index (κ1) is 5.50. The highest BCUT2D eigenvalue weighted by molar-refractivity contribution is 8.78. The van der Waals surface area contributed by atoms with Crippen LogP contribution in [0.4, 0.5) is 0 Å². The molecule has 4 heteroatoms. The molecular formula is C3H4O2S2. The van der Waals surface area contributed by atoms with Crippen LogP contribution in [0.15, 0.2) is 11.5 Å². The van der Waals surface area contributed by atoms with E-state index in [-0.39, 0.29) is 0 Å². The molecule has 1 aliphatic heterocycles. The van der Waals surface area contributed by atoms with Gasteiger partial charge in [0.2, 0.25) is 5.12 Å². The molecule has 40 valence electrons. The lowest BCUT2D eigenvalue weighted by Crippen LogP contribution is -2.14. The van der Waals surface area contributed by atoms with E-state index in [1.807, 2.05) is 0 Å². The van der Waals surface area contributed by atoms with E-state index in [9.17, 15) is 0 Å². The Morgan fingerprint density at radius 1 is 1.43 bits per heavy atom. The zero-order chi connectivity index (χ0) is 5.33. The van der Waals surface area contributed by atoms with Gasteiger partial charge in [-0.3, -0.25) is 0 Å². The maximum atomic E-state index is 8.61. The van der Waals surface area contributed by atoms with Gasteiger partial charge in [0.1, 0.15) is 0 Å². The predicted molar refractivity (Wildman–Crippen MR) is 31.5 cm³/mol. The van der Waals surface area contributed by atoms with E-state index in [0.29, 0.717) is 0 Å². The smallest absolute Gasteiger partial charge is 0.244 e. The third-order valence-corrected chi connectivity index (χ3v) is 2.59. The zero-order valence-corrected chi connectivity index (χ0v) is 5.00. The Morgan fingerprint density at radius 2 is 2.14 bits per heavy atom.